The van der Waals surface area contributed by atoms with Crippen molar-refractivity contribution in [1.82, 2.24) is 0 Å². The molecule has 0 amide bonds. The van der Waals surface area contributed by atoms with E-state index in [-0.39, 0.29) is 26.1 Å². The molecule has 0 heterocycles. The molecule has 0 aliphatic carbocycles. The molecule has 0 spiro atoms. The van der Waals surface area contributed by atoms with Crippen molar-refractivity contribution >= 4 is 31.7 Å². The third-order valence-electron chi connectivity index (χ3n) is 8.56. The average molecular weight is 765 g/mol. The minimum atomic E-state index is -4.24. The first-order valence-corrected chi connectivity index (χ1v) is 21.6. The van der Waals surface area contributed by atoms with Crippen LogP contribution >= 0.6 is 7.82 Å². The van der Waals surface area contributed by atoms with Crippen LogP contribution < -0.4 is 0 Å². The molecule has 0 bridgehead atoms. The van der Waals surface area contributed by atoms with Crippen molar-refractivity contribution < 1.29 is 56.3 Å². The normalized spacial score (nSPS) is 13.6. The van der Waals surface area contributed by atoms with Crippen LogP contribution in [0.4, 0.5) is 0 Å². The van der Waals surface area contributed by atoms with Gasteiger partial charge in [0.25, 0.3) is 0 Å². The lowest BCUT2D eigenvalue weighted by atomic mass is 10.1. The summed E-state index contributed by atoms with van der Waals surface area (Å²) < 4.78 is 49.9. The summed E-state index contributed by atoms with van der Waals surface area (Å²) in [5, 5.41) is 0. The third-order valence-corrected chi connectivity index (χ3v) is 9.94. The molecule has 0 aromatic rings. The van der Waals surface area contributed by atoms with Gasteiger partial charge in [0.1, 0.15) is 13.2 Å². The van der Waals surface area contributed by atoms with Crippen LogP contribution in [0.3, 0.4) is 0 Å². The Balaban J connectivity index is 4.86. The van der Waals surface area contributed by atoms with Gasteiger partial charge in [-0.25, -0.2) is 4.57 Å². The summed E-state index contributed by atoms with van der Waals surface area (Å²) >= 11 is 0. The monoisotopic (exact) mass is 764 g/mol. The van der Waals surface area contributed by atoms with Gasteiger partial charge in [0.15, 0.2) is 12.2 Å². The molecule has 3 atom stereocenters. The van der Waals surface area contributed by atoms with E-state index in [0.29, 0.717) is 12.8 Å². The van der Waals surface area contributed by atoms with Crippen molar-refractivity contribution in [2.24, 2.45) is 0 Å². The molecule has 0 N–H and O–H groups in total. The number of carbonyl (C=O) groups is 4. The summed E-state index contributed by atoms with van der Waals surface area (Å²) in [6.07, 6.45) is 23.8. The van der Waals surface area contributed by atoms with E-state index in [9.17, 15) is 23.7 Å². The number of esters is 4. The van der Waals surface area contributed by atoms with E-state index in [1.807, 2.05) is 0 Å². The zero-order valence-electron chi connectivity index (χ0n) is 33.3. The van der Waals surface area contributed by atoms with Gasteiger partial charge in [-0.2, -0.15) is 0 Å². The van der Waals surface area contributed by atoms with Gasteiger partial charge in [-0.15, -0.1) is 0 Å². The van der Waals surface area contributed by atoms with Crippen LogP contribution in [0.2, 0.25) is 0 Å². The Bertz CT molecular complexity index is 960. The number of hydrogen-bond donors (Lipinski definition) is 0. The molecule has 0 aromatic heterocycles. The Morgan fingerprint density at radius 3 is 1.21 bits per heavy atom. The van der Waals surface area contributed by atoms with E-state index in [1.165, 1.54) is 104 Å². The summed E-state index contributed by atoms with van der Waals surface area (Å²) in [7, 11) is -3.14. The van der Waals surface area contributed by atoms with Crippen LogP contribution in [0.5, 0.6) is 0 Å². The molecule has 306 valence electrons. The van der Waals surface area contributed by atoms with Crippen molar-refractivity contribution in [3.8, 4) is 0 Å². The number of rotatable bonds is 37. The van der Waals surface area contributed by atoms with E-state index in [4.69, 9.17) is 32.5 Å². The lowest BCUT2D eigenvalue weighted by molar-refractivity contribution is -0.161. The Kier molecular flexibility index (Phi) is 33.4. The van der Waals surface area contributed by atoms with Gasteiger partial charge >= 0.3 is 31.7 Å². The van der Waals surface area contributed by atoms with E-state index in [2.05, 4.69) is 13.8 Å². The average Bonchev–Trinajstić information content (AvgIpc) is 3.11. The number of carbonyl (C=O) groups excluding carboxylic acids is 4. The summed E-state index contributed by atoms with van der Waals surface area (Å²) in [5.41, 5.74) is 0. The number of hydrogen-bond acceptors (Lipinski definition) is 12. The molecule has 13 heteroatoms. The van der Waals surface area contributed by atoms with Crippen LogP contribution in [0.1, 0.15) is 182 Å². The predicted octanol–water partition coefficient (Wildman–Crippen LogP) is 10.1. The Morgan fingerprint density at radius 2 is 0.827 bits per heavy atom. The molecule has 0 saturated carbocycles. The van der Waals surface area contributed by atoms with Crippen LogP contribution in [0, 0.1) is 0 Å². The molecule has 0 aliphatic heterocycles. The smallest absolute Gasteiger partial charge is 0.462 e. The summed E-state index contributed by atoms with van der Waals surface area (Å²) in [4.78, 5) is 47.9. The van der Waals surface area contributed by atoms with Gasteiger partial charge in [-0.05, 0) is 12.8 Å². The molecule has 0 radical (unpaired) electrons. The zero-order chi connectivity index (χ0) is 38.7. The van der Waals surface area contributed by atoms with Crippen molar-refractivity contribution in [2.75, 3.05) is 33.5 Å². The van der Waals surface area contributed by atoms with Gasteiger partial charge in [0.2, 0.25) is 0 Å². The van der Waals surface area contributed by atoms with Crippen molar-refractivity contribution in [1.29, 1.82) is 0 Å². The van der Waals surface area contributed by atoms with Gasteiger partial charge in [-0.1, -0.05) is 142 Å². The second-order valence-corrected chi connectivity index (χ2v) is 15.4. The first-order valence-electron chi connectivity index (χ1n) is 20.2. The number of phosphoric ester groups is 1. The maximum Gasteiger partial charge on any atom is 0.474 e. The van der Waals surface area contributed by atoms with Crippen molar-refractivity contribution in [2.45, 2.75) is 194 Å². The fourth-order valence-corrected chi connectivity index (χ4v) is 6.52. The maximum atomic E-state index is 13.2. The fourth-order valence-electron chi connectivity index (χ4n) is 5.54. The number of unbranched alkanes of at least 4 members (excludes halogenated alkanes) is 20. The van der Waals surface area contributed by atoms with E-state index >= 15 is 0 Å². The number of phosphoric acid groups is 1. The van der Waals surface area contributed by atoms with E-state index < -0.39 is 57.1 Å². The Hall–Kier alpha value is -2.01. The molecule has 0 aromatic carbocycles. The molecule has 2 unspecified atom stereocenters. The van der Waals surface area contributed by atoms with Gasteiger partial charge in [0.05, 0.1) is 13.2 Å². The lowest BCUT2D eigenvalue weighted by Crippen LogP contribution is -2.30. The van der Waals surface area contributed by atoms with Crippen LogP contribution in [-0.2, 0) is 56.3 Å². The standard InChI is InChI=1S/C39H73O12P/c1-6-8-10-12-14-16-18-20-22-24-26-28-38(42)47-31-37(51-39(43)29-27-25-23-21-19-17-15-13-11-9-7-2)33-49-52(44,45-5)48-32-36(50-35(4)41)30-46-34(3)40/h36-37H,6-33H2,1-5H3/t36?,37-,52?/m1/s1. The predicted molar refractivity (Wildman–Crippen MR) is 202 cm³/mol. The van der Waals surface area contributed by atoms with Gasteiger partial charge in [0, 0.05) is 33.8 Å². The Morgan fingerprint density at radius 1 is 0.462 bits per heavy atom. The molecule has 0 rings (SSSR count). The quantitative estimate of drug-likeness (QED) is 0.0256. The highest BCUT2D eigenvalue weighted by atomic mass is 31.2. The second kappa shape index (κ2) is 34.7. The SMILES string of the molecule is CCCCCCCCCCCCCC(=O)OC[C@H](COP(=O)(OC)OCC(COC(C)=O)OC(C)=O)OC(=O)CCCCCCCCCCCCC. The molecular weight excluding hydrogens is 691 g/mol. The first-order chi connectivity index (χ1) is 25.0. The van der Waals surface area contributed by atoms with Crippen LogP contribution in [-0.4, -0.2) is 69.6 Å². The van der Waals surface area contributed by atoms with Crippen molar-refractivity contribution in [3.05, 3.63) is 0 Å². The zero-order valence-corrected chi connectivity index (χ0v) is 34.2. The summed E-state index contributed by atoms with van der Waals surface area (Å²) in [6.45, 7) is 5.29. The third kappa shape index (κ3) is 32.6. The molecule has 0 fully saturated rings. The Labute approximate surface area is 315 Å². The van der Waals surface area contributed by atoms with E-state index in [1.54, 1.807) is 0 Å². The highest BCUT2D eigenvalue weighted by molar-refractivity contribution is 7.48. The van der Waals surface area contributed by atoms with Gasteiger partial charge in [-0.3, -0.25) is 32.7 Å². The molecule has 52 heavy (non-hydrogen) atoms. The minimum absolute atomic E-state index is 0.193. The highest BCUT2D eigenvalue weighted by Crippen LogP contribution is 2.48. The second-order valence-electron chi connectivity index (χ2n) is 13.6. The topological polar surface area (TPSA) is 150 Å². The molecular formula is C39H73O12P. The molecule has 0 saturated heterocycles. The van der Waals surface area contributed by atoms with Crippen LogP contribution in [0.15, 0.2) is 0 Å². The minimum Gasteiger partial charge on any atom is -0.462 e. The highest BCUT2D eigenvalue weighted by Gasteiger charge is 2.31. The fraction of sp³-hybridized carbons (Fsp3) is 0.897. The lowest BCUT2D eigenvalue weighted by Gasteiger charge is -2.23. The van der Waals surface area contributed by atoms with E-state index in [0.717, 1.165) is 45.6 Å². The summed E-state index contributed by atoms with van der Waals surface area (Å²) in [5.74, 6) is -2.15. The largest absolute Gasteiger partial charge is 0.474 e. The molecule has 0 aliphatic rings. The first kappa shape index (κ1) is 50.0. The molecule has 12 nitrogen and oxygen atoms in total. The van der Waals surface area contributed by atoms with Gasteiger partial charge < -0.3 is 18.9 Å². The maximum absolute atomic E-state index is 13.2. The number of ether oxygens (including phenoxy) is 4. The van der Waals surface area contributed by atoms with Crippen LogP contribution in [0.25, 0.3) is 0 Å². The van der Waals surface area contributed by atoms with Crippen molar-refractivity contribution in [3.63, 3.8) is 0 Å². The summed E-state index contributed by atoms with van der Waals surface area (Å²) in [6, 6.07) is 0.